The van der Waals surface area contributed by atoms with E-state index in [0.717, 1.165) is 22.4 Å². The van der Waals surface area contributed by atoms with Gasteiger partial charge in [-0.2, -0.15) is 0 Å². The van der Waals surface area contributed by atoms with Crippen molar-refractivity contribution in [2.75, 3.05) is 10.2 Å². The van der Waals surface area contributed by atoms with Gasteiger partial charge in [0.1, 0.15) is 23.2 Å². The molecule has 0 aromatic heterocycles. The lowest BCUT2D eigenvalue weighted by Gasteiger charge is -2.37. The third-order valence-electron chi connectivity index (χ3n) is 9.63. The summed E-state index contributed by atoms with van der Waals surface area (Å²) in [4.78, 5) is 46.4. The highest BCUT2D eigenvalue weighted by molar-refractivity contribution is 6.15. The van der Waals surface area contributed by atoms with Gasteiger partial charge >= 0.3 is 5.97 Å². The maximum atomic E-state index is 15.1. The first-order valence-corrected chi connectivity index (χ1v) is 15.5. The summed E-state index contributed by atoms with van der Waals surface area (Å²) < 4.78 is 20.6. The van der Waals surface area contributed by atoms with Crippen molar-refractivity contribution in [2.24, 2.45) is 5.92 Å². The molecule has 5 aromatic rings. The van der Waals surface area contributed by atoms with Crippen LogP contribution in [-0.4, -0.2) is 29.7 Å². The van der Waals surface area contributed by atoms with Gasteiger partial charge in [0.15, 0.2) is 11.9 Å². The molecular formula is C40H29FN2O4. The van der Waals surface area contributed by atoms with Crippen LogP contribution in [0.25, 0.3) is 6.08 Å². The summed E-state index contributed by atoms with van der Waals surface area (Å²) in [6, 6.07) is 37.2. The lowest BCUT2D eigenvalue weighted by atomic mass is 9.66. The van der Waals surface area contributed by atoms with E-state index in [2.05, 4.69) is 5.32 Å². The van der Waals surface area contributed by atoms with Gasteiger partial charge in [0, 0.05) is 16.9 Å². The molecule has 0 bridgehead atoms. The molecule has 5 aromatic carbocycles. The molecule has 0 unspecified atom stereocenters. The molecule has 4 atom stereocenters. The monoisotopic (exact) mass is 620 g/mol. The number of anilines is 2. The van der Waals surface area contributed by atoms with Gasteiger partial charge in [-0.15, -0.1) is 0 Å². The van der Waals surface area contributed by atoms with Crippen molar-refractivity contribution in [3.05, 3.63) is 173 Å². The molecule has 230 valence electrons. The molecule has 3 aliphatic rings. The standard InChI is InChI=1S/C40H29FN2O4/c41-29-22-19-26(20-23-29)36(44)35-34(38(45)47-37(27-12-3-1-4-13-27)28-14-5-2-6-15-28)40(30-16-8-9-17-31(30)42-39(40)46)33-24-21-25-11-7-10-18-32(25)43(33)35/h1-24,33-35,37H,(H,42,46)/t33-,34+,35+,40+/m1/s1. The number of carbonyl (C=O) groups excluding carboxylic acids is 3. The molecule has 3 aliphatic heterocycles. The number of ether oxygens (including phenoxy) is 1. The number of nitrogens with one attached hydrogen (secondary N) is 1. The molecule has 0 radical (unpaired) electrons. The number of benzene rings is 5. The minimum absolute atomic E-state index is 0.228. The molecule has 1 amide bonds. The number of fused-ring (bicyclic) bond motifs is 6. The zero-order valence-corrected chi connectivity index (χ0v) is 25.1. The van der Waals surface area contributed by atoms with E-state index in [1.165, 1.54) is 24.3 Å². The number of halogens is 1. The molecule has 1 N–H and O–H groups in total. The Balaban J connectivity index is 1.36. The second-order valence-electron chi connectivity index (χ2n) is 12.1. The van der Waals surface area contributed by atoms with Crippen LogP contribution in [0.5, 0.6) is 0 Å². The Morgan fingerprint density at radius 2 is 1.38 bits per heavy atom. The van der Waals surface area contributed by atoms with E-state index in [1.807, 2.05) is 120 Å². The summed E-state index contributed by atoms with van der Waals surface area (Å²) in [6.45, 7) is 0. The normalized spacial score (nSPS) is 22.0. The predicted octanol–water partition coefficient (Wildman–Crippen LogP) is 7.13. The van der Waals surface area contributed by atoms with Crippen LogP contribution in [0.1, 0.15) is 38.7 Å². The molecular weight excluding hydrogens is 591 g/mol. The molecule has 7 heteroatoms. The van der Waals surface area contributed by atoms with Gasteiger partial charge in [-0.1, -0.05) is 109 Å². The van der Waals surface area contributed by atoms with Crippen LogP contribution in [-0.2, 0) is 19.7 Å². The lowest BCUT2D eigenvalue weighted by molar-refractivity contribution is -0.156. The summed E-state index contributed by atoms with van der Waals surface area (Å²) in [5.41, 5.74) is 2.98. The van der Waals surface area contributed by atoms with E-state index in [4.69, 9.17) is 4.74 Å². The topological polar surface area (TPSA) is 75.7 Å². The van der Waals surface area contributed by atoms with Crippen molar-refractivity contribution in [2.45, 2.75) is 23.6 Å². The largest absolute Gasteiger partial charge is 0.452 e. The van der Waals surface area contributed by atoms with Crippen LogP contribution in [0.3, 0.4) is 0 Å². The molecule has 1 spiro atoms. The zero-order valence-electron chi connectivity index (χ0n) is 25.1. The Kier molecular flexibility index (Phi) is 6.83. The molecule has 0 aliphatic carbocycles. The SMILES string of the molecule is O=C(c1ccc(F)cc1)[C@@H]1[C@@H](C(=O)OC(c2ccccc2)c2ccccc2)[C@@]2(C(=O)Nc3ccccc32)[C@H]2C=Cc3ccccc3N12. The maximum absolute atomic E-state index is 15.1. The van der Waals surface area contributed by atoms with Crippen molar-refractivity contribution in [1.82, 2.24) is 0 Å². The van der Waals surface area contributed by atoms with Gasteiger partial charge in [-0.25, -0.2) is 4.39 Å². The molecule has 6 nitrogen and oxygen atoms in total. The number of hydrogen-bond donors (Lipinski definition) is 1. The highest BCUT2D eigenvalue weighted by atomic mass is 19.1. The minimum Gasteiger partial charge on any atom is -0.452 e. The number of carbonyl (C=O) groups is 3. The number of rotatable bonds is 6. The fraction of sp³-hybridized carbons (Fsp3) is 0.125. The van der Waals surface area contributed by atoms with Crippen molar-refractivity contribution in [3.8, 4) is 0 Å². The van der Waals surface area contributed by atoms with E-state index >= 15 is 4.79 Å². The lowest BCUT2D eigenvalue weighted by Crippen LogP contribution is -2.51. The Hall–Kier alpha value is -5.82. The van der Waals surface area contributed by atoms with Crippen molar-refractivity contribution in [3.63, 3.8) is 0 Å². The van der Waals surface area contributed by atoms with Crippen LogP contribution in [0.2, 0.25) is 0 Å². The van der Waals surface area contributed by atoms with Crippen LogP contribution >= 0.6 is 0 Å². The first-order chi connectivity index (χ1) is 23.0. The van der Waals surface area contributed by atoms with E-state index in [-0.39, 0.29) is 11.5 Å². The highest BCUT2D eigenvalue weighted by Crippen LogP contribution is 2.58. The number of nitrogens with zero attached hydrogens (tertiary/aromatic N) is 1. The average Bonchev–Trinajstić information content (AvgIpc) is 3.60. The molecule has 1 fully saturated rings. The van der Waals surface area contributed by atoms with Gasteiger partial charge in [0.2, 0.25) is 5.91 Å². The predicted molar refractivity (Wildman–Crippen MR) is 177 cm³/mol. The van der Waals surface area contributed by atoms with Crippen LogP contribution in [0, 0.1) is 11.7 Å². The summed E-state index contributed by atoms with van der Waals surface area (Å²) in [6.07, 6.45) is 3.05. The Labute approximate surface area is 271 Å². The van der Waals surface area contributed by atoms with Crippen molar-refractivity contribution >= 4 is 35.1 Å². The molecule has 8 rings (SSSR count). The molecule has 3 heterocycles. The number of hydrogen-bond acceptors (Lipinski definition) is 5. The fourth-order valence-corrected chi connectivity index (χ4v) is 7.64. The number of amides is 1. The number of ketones is 1. The van der Waals surface area contributed by atoms with Crippen molar-refractivity contribution < 1.29 is 23.5 Å². The Morgan fingerprint density at radius 1 is 0.766 bits per heavy atom. The summed E-state index contributed by atoms with van der Waals surface area (Å²) in [7, 11) is 0. The van der Waals surface area contributed by atoms with Crippen LogP contribution < -0.4 is 10.2 Å². The second-order valence-corrected chi connectivity index (χ2v) is 12.1. The summed E-state index contributed by atoms with van der Waals surface area (Å²) >= 11 is 0. The third kappa shape index (κ3) is 4.41. The average molecular weight is 621 g/mol. The van der Waals surface area contributed by atoms with Gasteiger partial charge in [-0.05, 0) is 58.7 Å². The van der Waals surface area contributed by atoms with Gasteiger partial charge < -0.3 is 15.0 Å². The molecule has 0 saturated carbocycles. The minimum atomic E-state index is -1.52. The number of para-hydroxylation sites is 2. The Morgan fingerprint density at radius 3 is 2.09 bits per heavy atom. The van der Waals surface area contributed by atoms with Gasteiger partial charge in [0.05, 0.1) is 6.04 Å². The van der Waals surface area contributed by atoms with Crippen molar-refractivity contribution in [1.29, 1.82) is 0 Å². The summed E-state index contributed by atoms with van der Waals surface area (Å²) in [5.74, 6) is -3.24. The van der Waals surface area contributed by atoms with E-state index in [0.29, 0.717) is 11.3 Å². The number of Topliss-reactive ketones (excluding diaryl/α,β-unsaturated/α-hetero) is 1. The van der Waals surface area contributed by atoms with E-state index < -0.39 is 47.1 Å². The van der Waals surface area contributed by atoms with Gasteiger partial charge in [-0.3, -0.25) is 14.4 Å². The van der Waals surface area contributed by atoms with Crippen LogP contribution in [0.4, 0.5) is 15.8 Å². The smallest absolute Gasteiger partial charge is 0.314 e. The quantitative estimate of drug-likeness (QED) is 0.162. The van der Waals surface area contributed by atoms with Gasteiger partial charge in [0.25, 0.3) is 0 Å². The maximum Gasteiger partial charge on any atom is 0.314 e. The Bertz CT molecular complexity index is 2010. The highest BCUT2D eigenvalue weighted by Gasteiger charge is 2.71. The van der Waals surface area contributed by atoms with Crippen LogP contribution in [0.15, 0.2) is 140 Å². The molecule has 47 heavy (non-hydrogen) atoms. The zero-order chi connectivity index (χ0) is 32.1. The van der Waals surface area contributed by atoms with E-state index in [9.17, 15) is 14.0 Å². The fourth-order valence-electron chi connectivity index (χ4n) is 7.64. The first kappa shape index (κ1) is 28.6. The van der Waals surface area contributed by atoms with E-state index in [1.54, 1.807) is 6.07 Å². The third-order valence-corrected chi connectivity index (χ3v) is 9.63. The second kappa shape index (κ2) is 11.2. The molecule has 1 saturated heterocycles. The summed E-state index contributed by atoms with van der Waals surface area (Å²) in [5, 5.41) is 3.03. The number of esters is 1. The first-order valence-electron chi connectivity index (χ1n) is 15.5.